The first-order valence-corrected chi connectivity index (χ1v) is 6.55. The van der Waals surface area contributed by atoms with E-state index in [1.807, 2.05) is 0 Å². The van der Waals surface area contributed by atoms with Crippen LogP contribution in [0.4, 0.5) is 0 Å². The van der Waals surface area contributed by atoms with Crippen molar-refractivity contribution in [3.8, 4) is 5.75 Å². The monoisotopic (exact) mass is 300 g/mol. The Morgan fingerprint density at radius 3 is 2.06 bits per heavy atom. The minimum absolute atomic E-state index is 0.313. The molecule has 1 aromatic carbocycles. The molecule has 0 fully saturated rings. The third-order valence-electron chi connectivity index (χ3n) is 2.07. The number of benzene rings is 1. The molecular formula is C11H12Cl4O. The lowest BCUT2D eigenvalue weighted by Crippen LogP contribution is -1.98. The fourth-order valence-corrected chi connectivity index (χ4v) is 2.11. The highest BCUT2D eigenvalue weighted by Gasteiger charge is 2.14. The molecule has 1 aromatic rings. The van der Waals surface area contributed by atoms with Crippen LogP contribution in [0.15, 0.2) is 6.07 Å². The minimum Gasteiger partial charge on any atom is -0.490 e. The third kappa shape index (κ3) is 3.59. The van der Waals surface area contributed by atoms with E-state index in [4.69, 9.17) is 51.1 Å². The Hall–Kier alpha value is 0.180. The molecule has 0 heterocycles. The fraction of sp³-hybridized carbons (Fsp3) is 0.455. The van der Waals surface area contributed by atoms with Gasteiger partial charge >= 0.3 is 0 Å². The molecule has 16 heavy (non-hydrogen) atoms. The highest BCUT2D eigenvalue weighted by molar-refractivity contribution is 6.48. The Morgan fingerprint density at radius 1 is 1.00 bits per heavy atom. The highest BCUT2D eigenvalue weighted by Crippen LogP contribution is 2.42. The molecule has 90 valence electrons. The average Bonchev–Trinajstić information content (AvgIpc) is 2.25. The first-order chi connectivity index (χ1) is 7.57. The van der Waals surface area contributed by atoms with Crippen LogP contribution in [0, 0.1) is 0 Å². The molecule has 0 spiro atoms. The smallest absolute Gasteiger partial charge is 0.159 e. The van der Waals surface area contributed by atoms with Gasteiger partial charge in [-0.2, -0.15) is 0 Å². The van der Waals surface area contributed by atoms with Crippen LogP contribution in [0.5, 0.6) is 5.75 Å². The van der Waals surface area contributed by atoms with Crippen molar-refractivity contribution in [1.29, 1.82) is 0 Å². The van der Waals surface area contributed by atoms with Gasteiger partial charge in [0.15, 0.2) is 5.75 Å². The largest absolute Gasteiger partial charge is 0.490 e. The summed E-state index contributed by atoms with van der Waals surface area (Å²) < 4.78 is 5.50. The minimum atomic E-state index is 0.313. The maximum atomic E-state index is 5.98. The van der Waals surface area contributed by atoms with Crippen molar-refractivity contribution in [2.24, 2.45) is 0 Å². The molecule has 0 saturated carbocycles. The number of unbranched alkanes of at least 4 members (excludes halogenated alkanes) is 2. The summed E-state index contributed by atoms with van der Waals surface area (Å²) in [6, 6.07) is 1.51. The second-order valence-electron chi connectivity index (χ2n) is 3.35. The van der Waals surface area contributed by atoms with Crippen molar-refractivity contribution in [3.05, 3.63) is 26.2 Å². The van der Waals surface area contributed by atoms with Gasteiger partial charge in [0.25, 0.3) is 0 Å². The summed E-state index contributed by atoms with van der Waals surface area (Å²) in [5, 5.41) is 1.32. The van der Waals surface area contributed by atoms with Crippen molar-refractivity contribution >= 4 is 46.4 Å². The van der Waals surface area contributed by atoms with Crippen LogP contribution in [-0.2, 0) is 0 Å². The Morgan fingerprint density at radius 2 is 1.56 bits per heavy atom. The van der Waals surface area contributed by atoms with Crippen LogP contribution in [-0.4, -0.2) is 6.61 Å². The normalized spacial score (nSPS) is 10.6. The zero-order valence-corrected chi connectivity index (χ0v) is 11.8. The molecule has 0 aliphatic carbocycles. The van der Waals surface area contributed by atoms with Gasteiger partial charge in [-0.05, 0) is 12.5 Å². The van der Waals surface area contributed by atoms with E-state index in [-0.39, 0.29) is 0 Å². The summed E-state index contributed by atoms with van der Waals surface area (Å²) >= 11 is 23.7. The first kappa shape index (κ1) is 14.2. The van der Waals surface area contributed by atoms with Gasteiger partial charge in [0, 0.05) is 0 Å². The second-order valence-corrected chi connectivity index (χ2v) is 4.92. The van der Waals surface area contributed by atoms with Crippen molar-refractivity contribution in [2.45, 2.75) is 26.2 Å². The van der Waals surface area contributed by atoms with E-state index in [9.17, 15) is 0 Å². The van der Waals surface area contributed by atoms with E-state index in [0.29, 0.717) is 32.4 Å². The van der Waals surface area contributed by atoms with Gasteiger partial charge in [0.2, 0.25) is 0 Å². The van der Waals surface area contributed by atoms with E-state index >= 15 is 0 Å². The average molecular weight is 302 g/mol. The summed E-state index contributed by atoms with van der Waals surface area (Å²) in [7, 11) is 0. The number of hydrogen-bond acceptors (Lipinski definition) is 1. The number of rotatable bonds is 5. The lowest BCUT2D eigenvalue weighted by Gasteiger charge is -2.11. The van der Waals surface area contributed by atoms with Gasteiger partial charge in [0.1, 0.15) is 10.0 Å². The van der Waals surface area contributed by atoms with Gasteiger partial charge in [-0.3, -0.25) is 0 Å². The van der Waals surface area contributed by atoms with Crippen LogP contribution in [0.2, 0.25) is 20.1 Å². The van der Waals surface area contributed by atoms with Crippen molar-refractivity contribution in [2.75, 3.05) is 6.61 Å². The van der Waals surface area contributed by atoms with E-state index < -0.39 is 0 Å². The molecule has 0 N–H and O–H groups in total. The molecule has 0 aliphatic heterocycles. The third-order valence-corrected chi connectivity index (χ3v) is 3.61. The molecule has 1 nitrogen and oxygen atoms in total. The predicted octanol–water partition coefficient (Wildman–Crippen LogP) is 5.87. The topological polar surface area (TPSA) is 9.23 Å². The number of halogens is 4. The molecule has 0 amide bonds. The second kappa shape index (κ2) is 6.80. The molecule has 0 bridgehead atoms. The molecule has 0 saturated heterocycles. The summed E-state index contributed by atoms with van der Waals surface area (Å²) in [6.07, 6.45) is 3.18. The zero-order valence-electron chi connectivity index (χ0n) is 8.83. The standard InChI is InChI=1S/C11H12Cl4O/c1-2-3-4-5-16-11-9(14)7(12)6-8(13)10(11)15/h6H,2-5H2,1H3. The molecule has 0 atom stereocenters. The van der Waals surface area contributed by atoms with Crippen molar-refractivity contribution < 1.29 is 4.74 Å². The van der Waals surface area contributed by atoms with Gasteiger partial charge in [-0.1, -0.05) is 66.2 Å². The summed E-state index contributed by atoms with van der Waals surface area (Å²) in [6.45, 7) is 2.68. The van der Waals surface area contributed by atoms with Crippen LogP contribution in [0.1, 0.15) is 26.2 Å². The Bertz CT molecular complexity index is 339. The van der Waals surface area contributed by atoms with Crippen LogP contribution < -0.4 is 4.74 Å². The van der Waals surface area contributed by atoms with E-state index in [1.165, 1.54) is 6.07 Å². The SMILES string of the molecule is CCCCCOc1c(Cl)c(Cl)cc(Cl)c1Cl. The summed E-state index contributed by atoms with van der Waals surface area (Å²) in [5.41, 5.74) is 0. The van der Waals surface area contributed by atoms with Gasteiger partial charge in [-0.15, -0.1) is 0 Å². The van der Waals surface area contributed by atoms with Crippen LogP contribution in [0.25, 0.3) is 0 Å². The van der Waals surface area contributed by atoms with Gasteiger partial charge in [-0.25, -0.2) is 0 Å². The quantitative estimate of drug-likeness (QED) is 0.488. The molecule has 5 heteroatoms. The number of ether oxygens (including phenoxy) is 1. The highest BCUT2D eigenvalue weighted by atomic mass is 35.5. The lowest BCUT2D eigenvalue weighted by atomic mass is 10.3. The Kier molecular flexibility index (Phi) is 6.06. The van der Waals surface area contributed by atoms with Gasteiger partial charge < -0.3 is 4.74 Å². The maximum absolute atomic E-state index is 5.98. The Labute approximate surface area is 116 Å². The maximum Gasteiger partial charge on any atom is 0.159 e. The van der Waals surface area contributed by atoms with E-state index in [0.717, 1.165) is 19.3 Å². The Balaban J connectivity index is 2.78. The van der Waals surface area contributed by atoms with E-state index in [1.54, 1.807) is 0 Å². The van der Waals surface area contributed by atoms with Crippen molar-refractivity contribution in [3.63, 3.8) is 0 Å². The molecule has 0 aromatic heterocycles. The van der Waals surface area contributed by atoms with Crippen molar-refractivity contribution in [1.82, 2.24) is 0 Å². The summed E-state index contributed by atoms with van der Waals surface area (Å²) in [4.78, 5) is 0. The molecule has 0 radical (unpaired) electrons. The van der Waals surface area contributed by atoms with Crippen LogP contribution in [0.3, 0.4) is 0 Å². The molecule has 1 rings (SSSR count). The fourth-order valence-electron chi connectivity index (χ4n) is 1.20. The number of hydrogen-bond donors (Lipinski definition) is 0. The first-order valence-electron chi connectivity index (χ1n) is 5.03. The lowest BCUT2D eigenvalue weighted by molar-refractivity contribution is 0.306. The van der Waals surface area contributed by atoms with E-state index in [2.05, 4.69) is 6.92 Å². The van der Waals surface area contributed by atoms with Crippen LogP contribution >= 0.6 is 46.4 Å². The van der Waals surface area contributed by atoms with Gasteiger partial charge in [0.05, 0.1) is 16.7 Å². The molecular weight excluding hydrogens is 290 g/mol. The zero-order chi connectivity index (χ0) is 12.1. The summed E-state index contributed by atoms with van der Waals surface area (Å²) in [5.74, 6) is 0.372. The molecule has 0 unspecified atom stereocenters. The molecule has 0 aliphatic rings. The predicted molar refractivity (Wildman–Crippen MR) is 71.5 cm³/mol.